The van der Waals surface area contributed by atoms with Crippen LogP contribution in [0.25, 0.3) is 5.95 Å². The molecule has 2 aromatic rings. The number of halogens is 1. The van der Waals surface area contributed by atoms with E-state index in [1.807, 2.05) is 0 Å². The van der Waals surface area contributed by atoms with Crippen LogP contribution in [0.5, 0.6) is 0 Å². The van der Waals surface area contributed by atoms with Gasteiger partial charge in [-0.3, -0.25) is 0 Å². The first kappa shape index (κ1) is 9.11. The average Bonchev–Trinajstić information content (AvgIpc) is 2.66. The van der Waals surface area contributed by atoms with Crippen molar-refractivity contribution in [3.8, 4) is 5.95 Å². The lowest BCUT2D eigenvalue weighted by Gasteiger charge is -1.97. The molecule has 0 spiro atoms. The van der Waals surface area contributed by atoms with Gasteiger partial charge in [0.2, 0.25) is 0 Å². The standard InChI is InChI=1S/C8H8ClN5/c9-7-1-2-11-8(13-7)14-5-6(3-10)4-12-14/h1-2,4-5H,3,10H2. The molecule has 0 unspecified atom stereocenters. The zero-order valence-electron chi connectivity index (χ0n) is 7.26. The first-order chi connectivity index (χ1) is 6.79. The minimum absolute atomic E-state index is 0.389. The predicted octanol–water partition coefficient (Wildman–Crippen LogP) is 0.774. The summed E-state index contributed by atoms with van der Waals surface area (Å²) in [5.41, 5.74) is 6.38. The molecule has 72 valence electrons. The highest BCUT2D eigenvalue weighted by atomic mass is 35.5. The van der Waals surface area contributed by atoms with E-state index in [4.69, 9.17) is 17.3 Å². The van der Waals surface area contributed by atoms with Crippen LogP contribution in [-0.2, 0) is 6.54 Å². The smallest absolute Gasteiger partial charge is 0.251 e. The van der Waals surface area contributed by atoms with Gasteiger partial charge >= 0.3 is 0 Å². The van der Waals surface area contributed by atoms with E-state index in [-0.39, 0.29) is 0 Å². The molecule has 6 heteroatoms. The van der Waals surface area contributed by atoms with Gasteiger partial charge in [-0.2, -0.15) is 10.1 Å². The molecule has 0 saturated heterocycles. The molecule has 2 rings (SSSR count). The Hall–Kier alpha value is -1.46. The summed E-state index contributed by atoms with van der Waals surface area (Å²) in [6, 6.07) is 1.61. The van der Waals surface area contributed by atoms with Crippen LogP contribution in [0.1, 0.15) is 5.56 Å². The summed E-state index contributed by atoms with van der Waals surface area (Å²) >= 11 is 5.72. The molecule has 0 bridgehead atoms. The van der Waals surface area contributed by atoms with Gasteiger partial charge in [-0.25, -0.2) is 9.67 Å². The summed E-state index contributed by atoms with van der Waals surface area (Å²) in [5.74, 6) is 0.442. The third-order valence-corrected chi connectivity index (χ3v) is 1.90. The Bertz CT molecular complexity index is 439. The number of hydrogen-bond donors (Lipinski definition) is 1. The van der Waals surface area contributed by atoms with E-state index >= 15 is 0 Å². The second-order valence-corrected chi connectivity index (χ2v) is 3.06. The van der Waals surface area contributed by atoms with Gasteiger partial charge in [-0.1, -0.05) is 11.6 Å². The topological polar surface area (TPSA) is 69.6 Å². The Morgan fingerprint density at radius 1 is 1.50 bits per heavy atom. The van der Waals surface area contributed by atoms with Gasteiger partial charge < -0.3 is 5.73 Å². The van der Waals surface area contributed by atoms with Crippen molar-refractivity contribution in [3.05, 3.63) is 35.4 Å². The van der Waals surface area contributed by atoms with Gasteiger partial charge in [0.15, 0.2) is 0 Å². The molecule has 2 aromatic heterocycles. The number of nitrogens with two attached hydrogens (primary N) is 1. The SMILES string of the molecule is NCc1cnn(-c2nccc(Cl)n2)c1. The second kappa shape index (κ2) is 3.73. The van der Waals surface area contributed by atoms with E-state index in [0.29, 0.717) is 17.6 Å². The maximum absolute atomic E-state index is 5.72. The van der Waals surface area contributed by atoms with Crippen molar-refractivity contribution in [2.75, 3.05) is 0 Å². The van der Waals surface area contributed by atoms with E-state index in [2.05, 4.69) is 15.1 Å². The highest BCUT2D eigenvalue weighted by Gasteiger charge is 2.02. The Labute approximate surface area is 85.5 Å². The third-order valence-electron chi connectivity index (χ3n) is 1.69. The zero-order chi connectivity index (χ0) is 9.97. The van der Waals surface area contributed by atoms with Gasteiger partial charge in [0.25, 0.3) is 5.95 Å². The lowest BCUT2D eigenvalue weighted by Crippen LogP contribution is -2.01. The first-order valence-corrected chi connectivity index (χ1v) is 4.40. The molecule has 0 saturated carbocycles. The molecule has 0 aliphatic carbocycles. The van der Waals surface area contributed by atoms with E-state index < -0.39 is 0 Å². The van der Waals surface area contributed by atoms with Crippen molar-refractivity contribution in [2.45, 2.75) is 6.54 Å². The third kappa shape index (κ3) is 1.73. The van der Waals surface area contributed by atoms with Gasteiger partial charge in [0.05, 0.1) is 6.20 Å². The maximum atomic E-state index is 5.72. The summed E-state index contributed by atoms with van der Waals surface area (Å²) in [5, 5.41) is 4.44. The fraction of sp³-hybridized carbons (Fsp3) is 0.125. The number of rotatable bonds is 2. The van der Waals surface area contributed by atoms with Crippen LogP contribution in [0.2, 0.25) is 5.15 Å². The molecule has 0 aliphatic heterocycles. The van der Waals surface area contributed by atoms with Crippen LogP contribution >= 0.6 is 11.6 Å². The van der Waals surface area contributed by atoms with Crippen LogP contribution in [0.4, 0.5) is 0 Å². The Balaban J connectivity index is 2.39. The van der Waals surface area contributed by atoms with E-state index in [1.54, 1.807) is 24.7 Å². The largest absolute Gasteiger partial charge is 0.326 e. The Morgan fingerprint density at radius 3 is 3.00 bits per heavy atom. The fourth-order valence-electron chi connectivity index (χ4n) is 1.01. The molecule has 14 heavy (non-hydrogen) atoms. The molecule has 0 amide bonds. The second-order valence-electron chi connectivity index (χ2n) is 2.68. The summed E-state index contributed by atoms with van der Waals surface area (Å²) in [4.78, 5) is 8.03. The van der Waals surface area contributed by atoms with Crippen molar-refractivity contribution in [1.29, 1.82) is 0 Å². The summed E-state index contributed by atoms with van der Waals surface area (Å²) in [7, 11) is 0. The molecular weight excluding hydrogens is 202 g/mol. The van der Waals surface area contributed by atoms with Gasteiger partial charge in [-0.15, -0.1) is 0 Å². The van der Waals surface area contributed by atoms with Crippen LogP contribution < -0.4 is 5.73 Å². The molecule has 2 heterocycles. The van der Waals surface area contributed by atoms with Crippen molar-refractivity contribution < 1.29 is 0 Å². The number of nitrogens with zero attached hydrogens (tertiary/aromatic N) is 4. The lowest BCUT2D eigenvalue weighted by molar-refractivity contribution is 0.807. The molecule has 0 aromatic carbocycles. The van der Waals surface area contributed by atoms with Crippen molar-refractivity contribution >= 4 is 11.6 Å². The Morgan fingerprint density at radius 2 is 2.36 bits per heavy atom. The van der Waals surface area contributed by atoms with Crippen LogP contribution in [0.3, 0.4) is 0 Å². The summed E-state index contributed by atoms with van der Waals surface area (Å²) in [6.07, 6.45) is 5.02. The number of hydrogen-bond acceptors (Lipinski definition) is 4. The quantitative estimate of drug-likeness (QED) is 0.742. The molecule has 0 aliphatic rings. The summed E-state index contributed by atoms with van der Waals surface area (Å²) in [6.45, 7) is 0.445. The van der Waals surface area contributed by atoms with Crippen LogP contribution in [0, 0.1) is 0 Å². The molecular formula is C8H8ClN5. The molecule has 0 radical (unpaired) electrons. The van der Waals surface area contributed by atoms with E-state index in [0.717, 1.165) is 5.56 Å². The van der Waals surface area contributed by atoms with Gasteiger partial charge in [0, 0.05) is 24.5 Å². The van der Waals surface area contributed by atoms with Gasteiger partial charge in [0.1, 0.15) is 5.15 Å². The molecule has 2 N–H and O–H groups in total. The lowest BCUT2D eigenvalue weighted by atomic mass is 10.4. The monoisotopic (exact) mass is 209 g/mol. The predicted molar refractivity (Wildman–Crippen MR) is 52.1 cm³/mol. The molecule has 0 atom stereocenters. The van der Waals surface area contributed by atoms with Crippen LogP contribution in [-0.4, -0.2) is 19.7 Å². The molecule has 0 fully saturated rings. The van der Waals surface area contributed by atoms with E-state index in [1.165, 1.54) is 4.68 Å². The normalized spacial score (nSPS) is 10.4. The molecule has 5 nitrogen and oxygen atoms in total. The van der Waals surface area contributed by atoms with Gasteiger partial charge in [-0.05, 0) is 6.07 Å². The highest BCUT2D eigenvalue weighted by Crippen LogP contribution is 2.06. The van der Waals surface area contributed by atoms with Crippen molar-refractivity contribution in [3.63, 3.8) is 0 Å². The first-order valence-electron chi connectivity index (χ1n) is 4.02. The number of aromatic nitrogens is 4. The average molecular weight is 210 g/mol. The van der Waals surface area contributed by atoms with Crippen molar-refractivity contribution in [2.24, 2.45) is 5.73 Å². The zero-order valence-corrected chi connectivity index (χ0v) is 8.02. The Kier molecular flexibility index (Phi) is 2.43. The fourth-order valence-corrected chi connectivity index (χ4v) is 1.14. The van der Waals surface area contributed by atoms with E-state index in [9.17, 15) is 0 Å². The highest BCUT2D eigenvalue weighted by molar-refractivity contribution is 6.29. The van der Waals surface area contributed by atoms with Crippen molar-refractivity contribution in [1.82, 2.24) is 19.7 Å². The summed E-state index contributed by atoms with van der Waals surface area (Å²) < 4.78 is 1.54. The minimum Gasteiger partial charge on any atom is -0.326 e. The maximum Gasteiger partial charge on any atom is 0.251 e. The minimum atomic E-state index is 0.389. The van der Waals surface area contributed by atoms with Crippen LogP contribution in [0.15, 0.2) is 24.7 Å².